The number of carbonyl (C=O) groups excluding carboxylic acids is 2. The highest BCUT2D eigenvalue weighted by Gasteiger charge is 2.53. The van der Waals surface area contributed by atoms with Crippen molar-refractivity contribution in [3.05, 3.63) is 0 Å². The number of methoxy groups -OCH3 is 3. The number of nitrogens with one attached hydrogen (secondary N) is 1. The van der Waals surface area contributed by atoms with Crippen molar-refractivity contribution in [1.82, 2.24) is 15.1 Å². The number of esters is 1. The van der Waals surface area contributed by atoms with Gasteiger partial charge in [-0.1, -0.05) is 6.92 Å². The summed E-state index contributed by atoms with van der Waals surface area (Å²) in [6.07, 6.45) is 6.18. The summed E-state index contributed by atoms with van der Waals surface area (Å²) >= 11 is 0. The summed E-state index contributed by atoms with van der Waals surface area (Å²) in [5.41, 5.74) is 6.68. The molecule has 0 radical (unpaired) electrons. The summed E-state index contributed by atoms with van der Waals surface area (Å²) < 4.78 is 16.3. The van der Waals surface area contributed by atoms with Crippen molar-refractivity contribution in [3.63, 3.8) is 0 Å². The number of likely N-dealkylation sites (tertiary alicyclic amines) is 1. The van der Waals surface area contributed by atoms with Crippen LogP contribution in [0.4, 0.5) is 0 Å². The minimum atomic E-state index is -0.503. The maximum atomic E-state index is 13.5. The number of hydrogen-bond donors (Lipinski definition) is 2. The van der Waals surface area contributed by atoms with Crippen LogP contribution in [-0.4, -0.2) is 86.8 Å². The van der Waals surface area contributed by atoms with Gasteiger partial charge in [0, 0.05) is 27.3 Å². The maximum absolute atomic E-state index is 13.5. The van der Waals surface area contributed by atoms with Crippen LogP contribution in [0.3, 0.4) is 0 Å². The molecule has 4 fully saturated rings. The molecule has 9 atom stereocenters. The zero-order valence-corrected chi connectivity index (χ0v) is 20.6. The monoisotopic (exact) mass is 466 g/mol. The second-order valence-electron chi connectivity index (χ2n) is 10.4. The highest BCUT2D eigenvalue weighted by molar-refractivity contribution is 5.82. The molecule has 9 unspecified atom stereocenters. The smallest absolute Gasteiger partial charge is 0.311 e. The van der Waals surface area contributed by atoms with E-state index in [-0.39, 0.29) is 42.3 Å². The highest BCUT2D eigenvalue weighted by atomic mass is 16.5. The van der Waals surface area contributed by atoms with E-state index in [1.807, 2.05) is 4.90 Å². The van der Waals surface area contributed by atoms with Gasteiger partial charge in [0.15, 0.2) is 0 Å². The number of rotatable bonds is 6. The highest BCUT2D eigenvalue weighted by Crippen LogP contribution is 2.39. The van der Waals surface area contributed by atoms with Gasteiger partial charge in [0.1, 0.15) is 0 Å². The molecule has 1 amide bonds. The van der Waals surface area contributed by atoms with E-state index in [2.05, 4.69) is 17.1 Å². The number of amides is 1. The van der Waals surface area contributed by atoms with E-state index in [0.717, 1.165) is 51.6 Å². The first kappa shape index (κ1) is 24.9. The molecule has 3 aliphatic heterocycles. The normalized spacial score (nSPS) is 41.9. The van der Waals surface area contributed by atoms with Crippen LogP contribution < -0.4 is 11.1 Å². The lowest BCUT2D eigenvalue weighted by molar-refractivity contribution is -0.170. The van der Waals surface area contributed by atoms with Gasteiger partial charge in [-0.15, -0.1) is 0 Å². The Labute approximate surface area is 197 Å². The fraction of sp³-hybridized carbons (Fsp3) is 0.917. The van der Waals surface area contributed by atoms with Gasteiger partial charge in [0.2, 0.25) is 5.91 Å². The third kappa shape index (κ3) is 4.80. The van der Waals surface area contributed by atoms with Gasteiger partial charge >= 0.3 is 5.97 Å². The molecule has 0 aromatic rings. The van der Waals surface area contributed by atoms with E-state index in [9.17, 15) is 9.59 Å². The summed E-state index contributed by atoms with van der Waals surface area (Å²) in [6.45, 7) is 3.72. The molecule has 1 aliphatic carbocycles. The topological polar surface area (TPSA) is 106 Å². The van der Waals surface area contributed by atoms with Crippen molar-refractivity contribution in [2.24, 2.45) is 29.4 Å². The fourth-order valence-corrected chi connectivity index (χ4v) is 6.69. The number of carbonyl (C=O) groups is 2. The Kier molecular flexibility index (Phi) is 7.95. The van der Waals surface area contributed by atoms with Gasteiger partial charge < -0.3 is 24.8 Å². The Bertz CT molecular complexity index is 708. The van der Waals surface area contributed by atoms with Gasteiger partial charge in [0.05, 0.1) is 49.7 Å². The van der Waals surface area contributed by atoms with E-state index < -0.39 is 12.1 Å². The molecule has 0 spiro atoms. The molecule has 3 saturated heterocycles. The molecule has 0 aromatic heterocycles. The van der Waals surface area contributed by atoms with Crippen LogP contribution in [0.2, 0.25) is 0 Å². The lowest BCUT2D eigenvalue weighted by Gasteiger charge is -2.56. The molecule has 9 heteroatoms. The molecule has 9 nitrogen and oxygen atoms in total. The van der Waals surface area contributed by atoms with Crippen LogP contribution in [0.1, 0.15) is 51.9 Å². The Morgan fingerprint density at radius 3 is 2.55 bits per heavy atom. The first-order chi connectivity index (χ1) is 15.9. The molecule has 1 saturated carbocycles. The average Bonchev–Trinajstić information content (AvgIpc) is 2.83. The number of ether oxygens (including phenoxy) is 3. The standard InChI is InChI=1S/C24H42N4O5/c1-14-6-5-10-28-21(14)26-22-17(23(28)29)13-16(24(30)33-4)20(25)27(22)11-9-15-7-8-18(31-2)19(12-15)32-3/h14-22,26H,5-13,25H2,1-4H3. The van der Waals surface area contributed by atoms with Crippen LogP contribution in [0.25, 0.3) is 0 Å². The fourth-order valence-electron chi connectivity index (χ4n) is 6.69. The molecule has 33 heavy (non-hydrogen) atoms. The molecule has 3 N–H and O–H groups in total. The quantitative estimate of drug-likeness (QED) is 0.561. The van der Waals surface area contributed by atoms with E-state index in [4.69, 9.17) is 19.9 Å². The zero-order chi connectivity index (χ0) is 23.7. The van der Waals surface area contributed by atoms with Gasteiger partial charge in [-0.2, -0.15) is 0 Å². The third-order valence-electron chi connectivity index (χ3n) is 8.66. The molecule has 4 rings (SSSR count). The SMILES string of the molecule is COC(=O)C1CC2C(=O)N3CCCC(C)C3NC2N(CCC2CCC(OC)C(OC)C2)C1N. The molecular weight excluding hydrogens is 424 g/mol. The van der Waals surface area contributed by atoms with Gasteiger partial charge in [0.25, 0.3) is 0 Å². The van der Waals surface area contributed by atoms with Gasteiger partial charge in [-0.25, -0.2) is 0 Å². The van der Waals surface area contributed by atoms with E-state index in [0.29, 0.717) is 18.3 Å². The first-order valence-corrected chi connectivity index (χ1v) is 12.6. The molecule has 3 heterocycles. The van der Waals surface area contributed by atoms with Crippen LogP contribution >= 0.6 is 0 Å². The predicted molar refractivity (Wildman–Crippen MR) is 123 cm³/mol. The maximum Gasteiger partial charge on any atom is 0.311 e. The Hall–Kier alpha value is -1.26. The third-order valence-corrected chi connectivity index (χ3v) is 8.66. The van der Waals surface area contributed by atoms with E-state index in [1.165, 1.54) is 7.11 Å². The summed E-state index contributed by atoms with van der Waals surface area (Å²) in [4.78, 5) is 30.3. The minimum Gasteiger partial charge on any atom is -0.469 e. The number of hydrogen-bond acceptors (Lipinski definition) is 8. The lowest BCUT2D eigenvalue weighted by atomic mass is 9.79. The van der Waals surface area contributed by atoms with Crippen molar-refractivity contribution in [2.45, 2.75) is 82.6 Å². The second-order valence-corrected chi connectivity index (χ2v) is 10.4. The van der Waals surface area contributed by atoms with Crippen LogP contribution in [0.5, 0.6) is 0 Å². The van der Waals surface area contributed by atoms with Crippen LogP contribution in [-0.2, 0) is 23.8 Å². The van der Waals surface area contributed by atoms with Crippen molar-refractivity contribution < 1.29 is 23.8 Å². The largest absolute Gasteiger partial charge is 0.469 e. The number of piperidine rings is 2. The Balaban J connectivity index is 1.51. The summed E-state index contributed by atoms with van der Waals surface area (Å²) in [5.74, 6) is -0.0704. The van der Waals surface area contributed by atoms with Gasteiger partial charge in [-0.05, 0) is 56.8 Å². The lowest BCUT2D eigenvalue weighted by Crippen LogP contribution is -2.75. The summed E-state index contributed by atoms with van der Waals surface area (Å²) in [5, 5.41) is 3.77. The first-order valence-electron chi connectivity index (χ1n) is 12.6. The van der Waals surface area contributed by atoms with Crippen LogP contribution in [0, 0.1) is 23.7 Å². The van der Waals surface area contributed by atoms with Crippen molar-refractivity contribution in [3.8, 4) is 0 Å². The van der Waals surface area contributed by atoms with E-state index >= 15 is 0 Å². The number of nitrogens with two attached hydrogens (primary N) is 1. The second kappa shape index (κ2) is 10.6. The minimum absolute atomic E-state index is 0.0342. The molecular formula is C24H42N4O5. The van der Waals surface area contributed by atoms with Gasteiger partial charge in [-0.3, -0.25) is 19.8 Å². The van der Waals surface area contributed by atoms with E-state index in [1.54, 1.807) is 14.2 Å². The van der Waals surface area contributed by atoms with Crippen molar-refractivity contribution in [1.29, 1.82) is 0 Å². The summed E-state index contributed by atoms with van der Waals surface area (Å²) in [7, 11) is 4.89. The van der Waals surface area contributed by atoms with Crippen molar-refractivity contribution in [2.75, 3.05) is 34.4 Å². The average molecular weight is 467 g/mol. The predicted octanol–water partition coefficient (Wildman–Crippen LogP) is 1.12. The van der Waals surface area contributed by atoms with Crippen LogP contribution in [0.15, 0.2) is 0 Å². The number of nitrogens with zero attached hydrogens (tertiary/aromatic N) is 2. The Morgan fingerprint density at radius 1 is 1.09 bits per heavy atom. The zero-order valence-electron chi connectivity index (χ0n) is 20.6. The number of fused-ring (bicyclic) bond motifs is 2. The molecule has 0 bridgehead atoms. The molecule has 0 aromatic carbocycles. The Morgan fingerprint density at radius 2 is 1.85 bits per heavy atom. The molecule has 4 aliphatic rings. The van der Waals surface area contributed by atoms with Crippen molar-refractivity contribution >= 4 is 11.9 Å². The summed E-state index contributed by atoms with van der Waals surface area (Å²) in [6, 6.07) is 0. The molecule has 188 valence electrons.